The average Bonchev–Trinajstić information content (AvgIpc) is 2.69. The van der Waals surface area contributed by atoms with Crippen molar-refractivity contribution in [3.63, 3.8) is 0 Å². The second-order valence-corrected chi connectivity index (χ2v) is 5.87. The fourth-order valence-electron chi connectivity index (χ4n) is 2.99. The van der Waals surface area contributed by atoms with Gasteiger partial charge in [-0.2, -0.15) is 0 Å². The number of nitrogens with zero attached hydrogens (tertiary/aromatic N) is 1. The number of benzene rings is 3. The largest absolute Gasteiger partial charge is 0.505 e. The van der Waals surface area contributed by atoms with Crippen LogP contribution in [0.1, 0.15) is 16.8 Å². The molecule has 2 nitrogen and oxygen atoms in total. The van der Waals surface area contributed by atoms with Gasteiger partial charge in [0, 0.05) is 17.2 Å². The quantitative estimate of drug-likeness (QED) is 0.490. The van der Waals surface area contributed by atoms with Gasteiger partial charge in [0.2, 0.25) is 0 Å². The minimum Gasteiger partial charge on any atom is -0.505 e. The SMILES string of the molecule is OC(=C(c1ccccc1)c1ccccc1)c1cc2ccccc2cn1. The van der Waals surface area contributed by atoms with Crippen LogP contribution in [-0.2, 0) is 0 Å². The number of hydrogen-bond acceptors (Lipinski definition) is 2. The molecular weight excluding hydrogens is 306 g/mol. The summed E-state index contributed by atoms with van der Waals surface area (Å²) >= 11 is 0. The van der Waals surface area contributed by atoms with Crippen LogP contribution in [0.3, 0.4) is 0 Å². The summed E-state index contributed by atoms with van der Waals surface area (Å²) in [7, 11) is 0. The molecule has 0 aliphatic heterocycles. The van der Waals surface area contributed by atoms with Crippen LogP contribution < -0.4 is 0 Å². The highest BCUT2D eigenvalue weighted by Gasteiger charge is 2.14. The fraction of sp³-hybridized carbons (Fsp3) is 0. The van der Waals surface area contributed by atoms with E-state index in [1.807, 2.05) is 91.0 Å². The lowest BCUT2D eigenvalue weighted by atomic mass is 9.95. The third-order valence-corrected chi connectivity index (χ3v) is 4.24. The van der Waals surface area contributed by atoms with E-state index in [0.29, 0.717) is 5.69 Å². The van der Waals surface area contributed by atoms with Gasteiger partial charge in [-0.25, -0.2) is 0 Å². The van der Waals surface area contributed by atoms with Gasteiger partial charge in [0.15, 0.2) is 0 Å². The summed E-state index contributed by atoms with van der Waals surface area (Å²) in [6.07, 6.45) is 1.80. The maximum Gasteiger partial charge on any atom is 0.149 e. The van der Waals surface area contributed by atoms with Gasteiger partial charge in [-0.1, -0.05) is 84.9 Å². The predicted octanol–water partition coefficient (Wildman–Crippen LogP) is 5.71. The lowest BCUT2D eigenvalue weighted by Gasteiger charge is -2.12. The number of aliphatic hydroxyl groups excluding tert-OH is 1. The van der Waals surface area contributed by atoms with E-state index in [4.69, 9.17) is 0 Å². The first kappa shape index (κ1) is 15.2. The molecule has 25 heavy (non-hydrogen) atoms. The van der Waals surface area contributed by atoms with Gasteiger partial charge in [0.25, 0.3) is 0 Å². The number of hydrogen-bond donors (Lipinski definition) is 1. The summed E-state index contributed by atoms with van der Waals surface area (Å²) in [5, 5.41) is 13.2. The first-order chi connectivity index (χ1) is 12.3. The molecule has 0 unspecified atom stereocenters. The van der Waals surface area contributed by atoms with E-state index in [-0.39, 0.29) is 5.76 Å². The highest BCUT2D eigenvalue weighted by molar-refractivity contribution is 5.96. The molecule has 0 saturated carbocycles. The molecular formula is C23H17NO. The molecule has 0 radical (unpaired) electrons. The first-order valence-corrected chi connectivity index (χ1v) is 8.22. The van der Waals surface area contributed by atoms with Gasteiger partial charge in [0.1, 0.15) is 11.5 Å². The Bertz CT molecular complexity index is 996. The molecule has 1 aromatic heterocycles. The molecule has 2 heteroatoms. The Labute approximate surface area is 146 Å². The number of fused-ring (bicyclic) bond motifs is 1. The van der Waals surface area contributed by atoms with E-state index < -0.39 is 0 Å². The second kappa shape index (κ2) is 6.62. The van der Waals surface area contributed by atoms with Crippen LogP contribution in [0.15, 0.2) is 97.2 Å². The van der Waals surface area contributed by atoms with Crippen LogP contribution >= 0.6 is 0 Å². The Morgan fingerprint density at radius 2 is 1.16 bits per heavy atom. The Hall–Kier alpha value is -3.39. The molecule has 1 heterocycles. The van der Waals surface area contributed by atoms with Crippen LogP contribution in [0.5, 0.6) is 0 Å². The minimum atomic E-state index is 0.183. The molecule has 4 rings (SSSR count). The Kier molecular flexibility index (Phi) is 4.01. The van der Waals surface area contributed by atoms with E-state index in [2.05, 4.69) is 4.98 Å². The normalized spacial score (nSPS) is 10.6. The molecule has 4 aromatic rings. The molecule has 1 N–H and O–H groups in total. The van der Waals surface area contributed by atoms with Gasteiger partial charge >= 0.3 is 0 Å². The summed E-state index contributed by atoms with van der Waals surface area (Å²) in [6, 6.07) is 29.8. The van der Waals surface area contributed by atoms with Crippen LogP contribution in [0.4, 0.5) is 0 Å². The molecule has 0 bridgehead atoms. The maximum absolute atomic E-state index is 11.1. The predicted molar refractivity (Wildman–Crippen MR) is 103 cm³/mol. The maximum atomic E-state index is 11.1. The van der Waals surface area contributed by atoms with E-state index in [0.717, 1.165) is 27.5 Å². The average molecular weight is 323 g/mol. The van der Waals surface area contributed by atoms with Crippen molar-refractivity contribution in [3.05, 3.63) is 114 Å². The van der Waals surface area contributed by atoms with Gasteiger partial charge in [0.05, 0.1) is 0 Å². The number of aliphatic hydroxyl groups is 1. The monoisotopic (exact) mass is 323 g/mol. The Morgan fingerprint density at radius 1 is 0.640 bits per heavy atom. The summed E-state index contributed by atoms with van der Waals surface area (Å²) < 4.78 is 0. The van der Waals surface area contributed by atoms with Crippen LogP contribution in [-0.4, -0.2) is 10.1 Å². The van der Waals surface area contributed by atoms with Gasteiger partial charge in [-0.05, 0) is 22.6 Å². The van der Waals surface area contributed by atoms with Crippen molar-refractivity contribution < 1.29 is 5.11 Å². The van der Waals surface area contributed by atoms with Crippen molar-refractivity contribution in [2.45, 2.75) is 0 Å². The standard InChI is InChI=1S/C23H17NO/c25-23(21-15-19-13-7-8-14-20(19)16-24-21)22(17-9-3-1-4-10-17)18-11-5-2-6-12-18/h1-16,25H. The van der Waals surface area contributed by atoms with Gasteiger partial charge in [-0.3, -0.25) is 4.98 Å². The van der Waals surface area contributed by atoms with Crippen molar-refractivity contribution in [2.24, 2.45) is 0 Å². The summed E-state index contributed by atoms with van der Waals surface area (Å²) in [5.41, 5.74) is 3.27. The zero-order valence-corrected chi connectivity index (χ0v) is 13.6. The van der Waals surface area contributed by atoms with Crippen molar-refractivity contribution in [3.8, 4) is 0 Å². The highest BCUT2D eigenvalue weighted by Crippen LogP contribution is 2.30. The van der Waals surface area contributed by atoms with Crippen molar-refractivity contribution >= 4 is 22.1 Å². The summed E-state index contributed by atoms with van der Waals surface area (Å²) in [5.74, 6) is 0.183. The number of pyridine rings is 1. The second-order valence-electron chi connectivity index (χ2n) is 5.87. The highest BCUT2D eigenvalue weighted by atomic mass is 16.3. The van der Waals surface area contributed by atoms with Crippen molar-refractivity contribution in [1.82, 2.24) is 4.98 Å². The molecule has 0 aliphatic carbocycles. The smallest absolute Gasteiger partial charge is 0.149 e. The van der Waals surface area contributed by atoms with Gasteiger partial charge in [-0.15, -0.1) is 0 Å². The zero-order valence-electron chi connectivity index (χ0n) is 13.6. The van der Waals surface area contributed by atoms with Crippen molar-refractivity contribution in [2.75, 3.05) is 0 Å². The summed E-state index contributed by atoms with van der Waals surface area (Å²) in [4.78, 5) is 4.47. The van der Waals surface area contributed by atoms with E-state index in [1.165, 1.54) is 0 Å². The minimum absolute atomic E-state index is 0.183. The molecule has 0 amide bonds. The van der Waals surface area contributed by atoms with E-state index >= 15 is 0 Å². The first-order valence-electron chi connectivity index (χ1n) is 8.22. The molecule has 0 fully saturated rings. The molecule has 120 valence electrons. The lowest BCUT2D eigenvalue weighted by molar-refractivity contribution is 0.510. The fourth-order valence-corrected chi connectivity index (χ4v) is 2.99. The molecule has 0 atom stereocenters. The third kappa shape index (κ3) is 3.02. The zero-order chi connectivity index (χ0) is 17.1. The van der Waals surface area contributed by atoms with Gasteiger partial charge < -0.3 is 5.11 Å². The molecule has 3 aromatic carbocycles. The van der Waals surface area contributed by atoms with Crippen LogP contribution in [0.25, 0.3) is 22.1 Å². The topological polar surface area (TPSA) is 33.1 Å². The molecule has 0 aliphatic rings. The van der Waals surface area contributed by atoms with Crippen molar-refractivity contribution in [1.29, 1.82) is 0 Å². The summed E-state index contributed by atoms with van der Waals surface area (Å²) in [6.45, 7) is 0. The lowest BCUT2D eigenvalue weighted by Crippen LogP contribution is -1.96. The van der Waals surface area contributed by atoms with E-state index in [9.17, 15) is 5.11 Å². The molecule has 0 saturated heterocycles. The Balaban J connectivity index is 1.95. The molecule has 0 spiro atoms. The van der Waals surface area contributed by atoms with Crippen LogP contribution in [0, 0.1) is 0 Å². The van der Waals surface area contributed by atoms with Crippen LogP contribution in [0.2, 0.25) is 0 Å². The number of rotatable bonds is 3. The van der Waals surface area contributed by atoms with E-state index in [1.54, 1.807) is 6.20 Å². The third-order valence-electron chi connectivity index (χ3n) is 4.24. The Morgan fingerprint density at radius 3 is 1.76 bits per heavy atom. The number of aromatic nitrogens is 1.